The molecular formula is C6H6ClN2O2S. The van der Waals surface area contributed by atoms with Crippen molar-refractivity contribution in [3.8, 4) is 0 Å². The monoisotopic (exact) mass is 205 g/mol. The first-order chi connectivity index (χ1) is 5.49. The molecule has 0 saturated heterocycles. The van der Waals surface area contributed by atoms with Crippen LogP contribution in [-0.4, -0.2) is 19.7 Å². The van der Waals surface area contributed by atoms with Crippen molar-refractivity contribution in [1.29, 1.82) is 0 Å². The van der Waals surface area contributed by atoms with Gasteiger partial charge < -0.3 is 0 Å². The van der Waals surface area contributed by atoms with Gasteiger partial charge in [0.2, 0.25) is 10.0 Å². The van der Waals surface area contributed by atoms with Crippen LogP contribution in [0.15, 0.2) is 12.3 Å². The van der Waals surface area contributed by atoms with Gasteiger partial charge in [0, 0.05) is 12.3 Å². The smallest absolute Gasteiger partial charge is 0.229 e. The van der Waals surface area contributed by atoms with Crippen molar-refractivity contribution >= 4 is 27.3 Å². The average Bonchev–Trinajstić information content (AvgIpc) is 1.91. The van der Waals surface area contributed by atoms with Crippen LogP contribution in [0.3, 0.4) is 0 Å². The number of sulfonamides is 1. The highest BCUT2D eigenvalue weighted by atomic mass is 35.5. The molecule has 0 unspecified atom stereocenters. The normalized spacial score (nSPS) is 11.2. The molecule has 1 heterocycles. The molecule has 0 aliphatic heterocycles. The summed E-state index contributed by atoms with van der Waals surface area (Å²) in [6.45, 7) is 0. The van der Waals surface area contributed by atoms with Crippen LogP contribution in [0, 0.1) is 6.07 Å². The molecule has 6 heteroatoms. The first-order valence-corrected chi connectivity index (χ1v) is 5.25. The number of pyridine rings is 1. The van der Waals surface area contributed by atoms with Gasteiger partial charge in [0.15, 0.2) is 5.15 Å². The minimum absolute atomic E-state index is 0.110. The second kappa shape index (κ2) is 3.28. The summed E-state index contributed by atoms with van der Waals surface area (Å²) in [5, 5.41) is 0.110. The van der Waals surface area contributed by atoms with E-state index in [0.29, 0.717) is 0 Å². The highest BCUT2D eigenvalue weighted by Crippen LogP contribution is 2.17. The van der Waals surface area contributed by atoms with Crippen LogP contribution in [0.4, 0.5) is 5.69 Å². The fraction of sp³-hybridized carbons (Fsp3) is 0.167. The van der Waals surface area contributed by atoms with E-state index in [1.54, 1.807) is 0 Å². The lowest BCUT2D eigenvalue weighted by molar-refractivity contribution is 0.607. The lowest BCUT2D eigenvalue weighted by Gasteiger charge is -2.03. The zero-order valence-corrected chi connectivity index (χ0v) is 7.78. The largest absolute Gasteiger partial charge is 0.281 e. The van der Waals surface area contributed by atoms with Crippen LogP contribution in [0.1, 0.15) is 0 Å². The molecule has 1 N–H and O–H groups in total. The molecule has 0 amide bonds. The van der Waals surface area contributed by atoms with E-state index in [2.05, 4.69) is 15.8 Å². The Bertz CT molecular complexity index is 377. The van der Waals surface area contributed by atoms with Crippen molar-refractivity contribution in [2.45, 2.75) is 0 Å². The van der Waals surface area contributed by atoms with Gasteiger partial charge in [-0.1, -0.05) is 11.6 Å². The Morgan fingerprint density at radius 3 is 2.83 bits per heavy atom. The summed E-state index contributed by atoms with van der Waals surface area (Å²) in [6.07, 6.45) is 2.39. The summed E-state index contributed by atoms with van der Waals surface area (Å²) in [5.74, 6) is 0. The van der Waals surface area contributed by atoms with Crippen LogP contribution in [-0.2, 0) is 10.0 Å². The van der Waals surface area contributed by atoms with Gasteiger partial charge in [-0.25, -0.2) is 13.4 Å². The first kappa shape index (κ1) is 9.28. The van der Waals surface area contributed by atoms with Gasteiger partial charge in [-0.2, -0.15) is 0 Å². The zero-order valence-electron chi connectivity index (χ0n) is 6.20. The third-order valence-electron chi connectivity index (χ3n) is 0.998. The van der Waals surface area contributed by atoms with Gasteiger partial charge in [0.25, 0.3) is 0 Å². The van der Waals surface area contributed by atoms with E-state index in [9.17, 15) is 8.42 Å². The Morgan fingerprint density at radius 2 is 2.33 bits per heavy atom. The van der Waals surface area contributed by atoms with Crippen molar-refractivity contribution in [2.24, 2.45) is 0 Å². The van der Waals surface area contributed by atoms with Crippen molar-refractivity contribution in [3.05, 3.63) is 23.5 Å². The fourth-order valence-electron chi connectivity index (χ4n) is 0.615. The summed E-state index contributed by atoms with van der Waals surface area (Å²) in [7, 11) is -3.29. The van der Waals surface area contributed by atoms with Crippen molar-refractivity contribution in [2.75, 3.05) is 11.0 Å². The molecule has 0 aliphatic rings. The summed E-state index contributed by atoms with van der Waals surface area (Å²) in [4.78, 5) is 3.65. The van der Waals surface area contributed by atoms with Crippen molar-refractivity contribution in [1.82, 2.24) is 4.98 Å². The quantitative estimate of drug-likeness (QED) is 0.730. The number of anilines is 1. The molecule has 1 aromatic rings. The van der Waals surface area contributed by atoms with Gasteiger partial charge >= 0.3 is 0 Å². The molecule has 0 bridgehead atoms. The molecule has 1 aromatic heterocycles. The minimum Gasteiger partial charge on any atom is -0.281 e. The predicted molar refractivity (Wildman–Crippen MR) is 46.5 cm³/mol. The summed E-state index contributed by atoms with van der Waals surface area (Å²) in [5.41, 5.74) is 0.238. The molecule has 0 aliphatic carbocycles. The van der Waals surface area contributed by atoms with Crippen molar-refractivity contribution in [3.63, 3.8) is 0 Å². The second-order valence-corrected chi connectivity index (χ2v) is 4.25. The van der Waals surface area contributed by atoms with Gasteiger partial charge in [0.1, 0.15) is 0 Å². The van der Waals surface area contributed by atoms with Crippen LogP contribution in [0.2, 0.25) is 5.15 Å². The molecular weight excluding hydrogens is 200 g/mol. The van der Waals surface area contributed by atoms with Gasteiger partial charge in [0.05, 0.1) is 11.9 Å². The summed E-state index contributed by atoms with van der Waals surface area (Å²) in [6, 6.07) is 4.01. The van der Waals surface area contributed by atoms with Crippen LogP contribution in [0.25, 0.3) is 0 Å². The molecule has 0 aromatic carbocycles. The molecule has 0 saturated carbocycles. The number of rotatable bonds is 2. The highest BCUT2D eigenvalue weighted by molar-refractivity contribution is 7.92. The number of hydrogen-bond acceptors (Lipinski definition) is 3. The van der Waals surface area contributed by atoms with E-state index in [4.69, 9.17) is 11.6 Å². The van der Waals surface area contributed by atoms with E-state index in [1.165, 1.54) is 12.3 Å². The highest BCUT2D eigenvalue weighted by Gasteiger charge is 2.05. The van der Waals surface area contributed by atoms with Gasteiger partial charge in [-0.15, -0.1) is 0 Å². The average molecular weight is 206 g/mol. The maximum Gasteiger partial charge on any atom is 0.229 e. The first-order valence-electron chi connectivity index (χ1n) is 2.98. The number of nitrogens with one attached hydrogen (secondary N) is 1. The fourth-order valence-corrected chi connectivity index (χ4v) is 1.38. The van der Waals surface area contributed by atoms with Crippen molar-refractivity contribution < 1.29 is 8.42 Å². The summed E-state index contributed by atoms with van der Waals surface area (Å²) >= 11 is 5.57. The second-order valence-electron chi connectivity index (χ2n) is 2.15. The van der Waals surface area contributed by atoms with Gasteiger partial charge in [-0.05, 0) is 6.07 Å². The lowest BCUT2D eigenvalue weighted by Crippen LogP contribution is -2.10. The Morgan fingerprint density at radius 1 is 1.67 bits per heavy atom. The Balaban J connectivity index is 2.98. The van der Waals surface area contributed by atoms with E-state index >= 15 is 0 Å². The summed E-state index contributed by atoms with van der Waals surface area (Å²) < 4.78 is 23.7. The maximum atomic E-state index is 10.7. The molecule has 4 nitrogen and oxygen atoms in total. The SMILES string of the molecule is CS(=O)(=O)Nc1c[c]cnc1Cl. The Labute approximate surface area is 75.6 Å². The number of nitrogens with zero attached hydrogens (tertiary/aromatic N) is 1. The molecule has 0 fully saturated rings. The van der Waals surface area contributed by atoms with E-state index in [0.717, 1.165) is 6.26 Å². The Kier molecular flexibility index (Phi) is 2.54. The maximum absolute atomic E-state index is 10.7. The molecule has 1 rings (SSSR count). The number of hydrogen-bond donors (Lipinski definition) is 1. The number of halogens is 1. The van der Waals surface area contributed by atoms with Crippen LogP contribution in [0.5, 0.6) is 0 Å². The van der Waals surface area contributed by atoms with E-state index < -0.39 is 10.0 Å². The minimum atomic E-state index is -3.29. The molecule has 1 radical (unpaired) electrons. The molecule has 65 valence electrons. The lowest BCUT2D eigenvalue weighted by atomic mass is 10.4. The predicted octanol–water partition coefficient (Wildman–Crippen LogP) is 0.907. The molecule has 0 atom stereocenters. The third kappa shape index (κ3) is 2.67. The van der Waals surface area contributed by atoms with Crippen LogP contribution >= 0.6 is 11.6 Å². The topological polar surface area (TPSA) is 59.1 Å². The Hall–Kier alpha value is -0.810. The molecule has 12 heavy (non-hydrogen) atoms. The molecule has 0 spiro atoms. The van der Waals surface area contributed by atoms with Gasteiger partial charge in [-0.3, -0.25) is 4.72 Å². The van der Waals surface area contributed by atoms with Crippen LogP contribution < -0.4 is 4.72 Å². The third-order valence-corrected chi connectivity index (χ3v) is 1.89. The zero-order chi connectivity index (χ0) is 9.19. The standard InChI is InChI=1S/C6H6ClN2O2S/c1-12(10,11)9-5-3-2-4-8-6(5)7/h3-4,9H,1H3. The van der Waals surface area contributed by atoms with E-state index in [1.807, 2.05) is 0 Å². The van der Waals surface area contributed by atoms with E-state index in [-0.39, 0.29) is 10.8 Å². The number of aromatic nitrogens is 1.